The lowest BCUT2D eigenvalue weighted by atomic mass is 10.2. The average molecular weight is 362 g/mol. The molecule has 3 N–H and O–H groups in total. The molecule has 0 atom stereocenters. The van der Waals surface area contributed by atoms with Crippen molar-refractivity contribution in [2.24, 2.45) is 15.9 Å². The van der Waals surface area contributed by atoms with E-state index in [9.17, 15) is 8.42 Å². The van der Waals surface area contributed by atoms with Crippen LogP contribution in [-0.4, -0.2) is 26.1 Å². The Morgan fingerprint density at radius 1 is 1.17 bits per heavy atom. The first-order chi connectivity index (χ1) is 11.4. The van der Waals surface area contributed by atoms with Crippen molar-refractivity contribution in [3.8, 4) is 0 Å². The fourth-order valence-corrected chi connectivity index (χ4v) is 3.01. The minimum Gasteiger partial charge on any atom is -0.377 e. The van der Waals surface area contributed by atoms with Gasteiger partial charge in [-0.1, -0.05) is 60.3 Å². The molecule has 0 radical (unpaired) electrons. The highest BCUT2D eigenvalue weighted by molar-refractivity contribution is 8.13. The SMILES string of the molecule is CS(=O)(=O)Nc1ccccc1C=NN=C(N)SCc1ccccc1. The standard InChI is InChI=1S/C16H18N4O2S2/c1-24(21,22)20-15-10-6-5-9-14(15)11-18-19-16(17)23-12-13-7-3-2-4-8-13/h2-11,20H,12H2,1H3,(H2,17,19). The van der Waals surface area contributed by atoms with E-state index in [2.05, 4.69) is 14.9 Å². The first-order valence-corrected chi connectivity index (χ1v) is 9.92. The molecule has 0 aliphatic heterocycles. The van der Waals surface area contributed by atoms with Crippen molar-refractivity contribution in [1.82, 2.24) is 0 Å². The van der Waals surface area contributed by atoms with Gasteiger partial charge >= 0.3 is 0 Å². The number of rotatable bonds is 6. The van der Waals surface area contributed by atoms with Crippen LogP contribution in [0.4, 0.5) is 5.69 Å². The number of amidine groups is 1. The van der Waals surface area contributed by atoms with Crippen LogP contribution in [0.25, 0.3) is 0 Å². The summed E-state index contributed by atoms with van der Waals surface area (Å²) in [6.07, 6.45) is 2.56. The normalized spacial score (nSPS) is 12.5. The quantitative estimate of drug-likeness (QED) is 0.469. The van der Waals surface area contributed by atoms with E-state index >= 15 is 0 Å². The Morgan fingerprint density at radius 2 is 1.83 bits per heavy atom. The summed E-state index contributed by atoms with van der Waals surface area (Å²) in [7, 11) is -3.36. The smallest absolute Gasteiger partial charge is 0.229 e. The molecule has 0 saturated carbocycles. The lowest BCUT2D eigenvalue weighted by molar-refractivity contribution is 0.607. The zero-order valence-electron chi connectivity index (χ0n) is 13.1. The number of para-hydroxylation sites is 1. The van der Waals surface area contributed by atoms with E-state index in [1.165, 1.54) is 18.0 Å². The monoisotopic (exact) mass is 362 g/mol. The van der Waals surface area contributed by atoms with Crippen molar-refractivity contribution in [1.29, 1.82) is 0 Å². The van der Waals surface area contributed by atoms with Gasteiger partial charge in [-0.2, -0.15) is 5.10 Å². The maximum Gasteiger partial charge on any atom is 0.229 e. The lowest BCUT2D eigenvalue weighted by Crippen LogP contribution is -2.11. The molecular formula is C16H18N4O2S2. The Kier molecular flexibility index (Phi) is 6.39. The van der Waals surface area contributed by atoms with Crippen LogP contribution in [0.1, 0.15) is 11.1 Å². The van der Waals surface area contributed by atoms with Crippen molar-refractivity contribution >= 4 is 38.9 Å². The van der Waals surface area contributed by atoms with Crippen molar-refractivity contribution in [2.75, 3.05) is 11.0 Å². The first kappa shape index (κ1) is 18.0. The first-order valence-electron chi connectivity index (χ1n) is 7.04. The molecule has 126 valence electrons. The summed E-state index contributed by atoms with van der Waals surface area (Å²) in [6.45, 7) is 0. The van der Waals surface area contributed by atoms with Crippen LogP contribution in [0.15, 0.2) is 64.8 Å². The average Bonchev–Trinajstić information content (AvgIpc) is 2.54. The number of nitrogens with two attached hydrogens (primary N) is 1. The van der Waals surface area contributed by atoms with Crippen molar-refractivity contribution in [3.05, 3.63) is 65.7 Å². The van der Waals surface area contributed by atoms with Gasteiger partial charge < -0.3 is 5.73 Å². The third kappa shape index (κ3) is 6.43. The number of hydrogen-bond donors (Lipinski definition) is 2. The van der Waals surface area contributed by atoms with Gasteiger partial charge in [0.1, 0.15) is 0 Å². The number of sulfonamides is 1. The Balaban J connectivity index is 2.00. The Morgan fingerprint density at radius 3 is 2.54 bits per heavy atom. The van der Waals surface area contributed by atoms with E-state index in [0.29, 0.717) is 22.2 Å². The molecule has 0 aromatic heterocycles. The molecular weight excluding hydrogens is 344 g/mol. The molecule has 8 heteroatoms. The fourth-order valence-electron chi connectivity index (χ4n) is 1.81. The van der Waals surface area contributed by atoms with Gasteiger partial charge in [0.25, 0.3) is 0 Å². The second kappa shape index (κ2) is 8.51. The number of nitrogens with one attached hydrogen (secondary N) is 1. The summed E-state index contributed by atoms with van der Waals surface area (Å²) in [6, 6.07) is 16.8. The van der Waals surface area contributed by atoms with Crippen molar-refractivity contribution < 1.29 is 8.42 Å². The largest absolute Gasteiger partial charge is 0.377 e. The Bertz CT molecular complexity index is 834. The minimum absolute atomic E-state index is 0.337. The Hall–Kier alpha value is -2.32. The van der Waals surface area contributed by atoms with Crippen LogP contribution in [0.3, 0.4) is 0 Å². The van der Waals surface area contributed by atoms with Gasteiger partial charge in [0, 0.05) is 11.3 Å². The zero-order valence-corrected chi connectivity index (χ0v) is 14.7. The molecule has 0 heterocycles. The van der Waals surface area contributed by atoms with Gasteiger partial charge in [0.2, 0.25) is 10.0 Å². The number of anilines is 1. The van der Waals surface area contributed by atoms with Gasteiger partial charge in [-0.15, -0.1) is 5.10 Å². The second-order valence-corrected chi connectivity index (χ2v) is 7.66. The van der Waals surface area contributed by atoms with E-state index in [0.717, 1.165) is 11.8 Å². The van der Waals surface area contributed by atoms with E-state index in [-0.39, 0.29) is 0 Å². The molecule has 0 saturated heterocycles. The molecule has 0 amide bonds. The highest BCUT2D eigenvalue weighted by Gasteiger charge is 2.05. The maximum absolute atomic E-state index is 11.3. The van der Waals surface area contributed by atoms with Gasteiger partial charge in [-0.3, -0.25) is 4.72 Å². The predicted molar refractivity (Wildman–Crippen MR) is 102 cm³/mol. The molecule has 0 spiro atoms. The third-order valence-corrected chi connectivity index (χ3v) is 4.28. The number of hydrogen-bond acceptors (Lipinski definition) is 5. The van der Waals surface area contributed by atoms with E-state index in [1.807, 2.05) is 30.3 Å². The molecule has 2 rings (SSSR count). The summed E-state index contributed by atoms with van der Waals surface area (Å²) in [4.78, 5) is 0. The fraction of sp³-hybridized carbons (Fsp3) is 0.125. The van der Waals surface area contributed by atoms with Gasteiger partial charge in [-0.05, 0) is 11.6 Å². The molecule has 0 aliphatic rings. The highest BCUT2D eigenvalue weighted by atomic mass is 32.2. The van der Waals surface area contributed by atoms with Crippen LogP contribution in [0.2, 0.25) is 0 Å². The molecule has 0 fully saturated rings. The predicted octanol–water partition coefficient (Wildman–Crippen LogP) is 2.64. The van der Waals surface area contributed by atoms with Crippen LogP contribution in [0, 0.1) is 0 Å². The van der Waals surface area contributed by atoms with E-state index in [4.69, 9.17) is 5.73 Å². The van der Waals surface area contributed by atoms with E-state index in [1.54, 1.807) is 24.3 Å². The molecule has 2 aromatic rings. The minimum atomic E-state index is -3.36. The molecule has 0 bridgehead atoms. The van der Waals surface area contributed by atoms with Gasteiger partial charge in [0.05, 0.1) is 18.2 Å². The summed E-state index contributed by atoms with van der Waals surface area (Å²) in [5.74, 6) is 0.706. The highest BCUT2D eigenvalue weighted by Crippen LogP contribution is 2.15. The van der Waals surface area contributed by atoms with Gasteiger partial charge in [0.15, 0.2) is 5.17 Å². The van der Waals surface area contributed by atoms with Crippen LogP contribution in [-0.2, 0) is 15.8 Å². The summed E-state index contributed by atoms with van der Waals surface area (Å²) in [5.41, 5.74) is 8.00. The molecule has 2 aromatic carbocycles. The maximum atomic E-state index is 11.3. The Labute approximate surface area is 145 Å². The second-order valence-electron chi connectivity index (χ2n) is 4.92. The van der Waals surface area contributed by atoms with Crippen LogP contribution < -0.4 is 10.5 Å². The zero-order chi connectivity index (χ0) is 17.4. The number of benzene rings is 2. The summed E-state index contributed by atoms with van der Waals surface area (Å²) < 4.78 is 25.1. The molecule has 24 heavy (non-hydrogen) atoms. The lowest BCUT2D eigenvalue weighted by Gasteiger charge is -2.06. The molecule has 6 nitrogen and oxygen atoms in total. The van der Waals surface area contributed by atoms with Crippen LogP contribution >= 0.6 is 11.8 Å². The van der Waals surface area contributed by atoms with Crippen molar-refractivity contribution in [3.63, 3.8) is 0 Å². The number of thioether (sulfide) groups is 1. The van der Waals surface area contributed by atoms with Gasteiger partial charge in [-0.25, -0.2) is 8.42 Å². The van der Waals surface area contributed by atoms with E-state index < -0.39 is 10.0 Å². The van der Waals surface area contributed by atoms with Crippen LogP contribution in [0.5, 0.6) is 0 Å². The third-order valence-electron chi connectivity index (χ3n) is 2.84. The molecule has 0 aliphatic carbocycles. The van der Waals surface area contributed by atoms with Crippen molar-refractivity contribution in [2.45, 2.75) is 5.75 Å². The number of nitrogens with zero attached hydrogens (tertiary/aromatic N) is 2. The summed E-state index contributed by atoms with van der Waals surface area (Å²) >= 11 is 1.38. The topological polar surface area (TPSA) is 96.9 Å². The molecule has 0 unspecified atom stereocenters. The summed E-state index contributed by atoms with van der Waals surface area (Å²) in [5, 5.41) is 8.19.